The number of allylic oxidation sites excluding steroid dienone is 1. The minimum atomic E-state index is -0.965. The molecule has 4 nitrogen and oxygen atoms in total. The first-order valence-corrected chi connectivity index (χ1v) is 7.27. The molecule has 0 unspecified atom stereocenters. The SMILES string of the molecule is O=C(O)c1cc(Br)cnc1NCCC1=CCCCC1. The maximum Gasteiger partial charge on any atom is 0.339 e. The summed E-state index contributed by atoms with van der Waals surface area (Å²) in [4.78, 5) is 15.3. The van der Waals surface area contributed by atoms with Crippen LogP contribution in [-0.4, -0.2) is 22.6 Å². The van der Waals surface area contributed by atoms with Crippen LogP contribution in [0.2, 0.25) is 0 Å². The number of anilines is 1. The van der Waals surface area contributed by atoms with E-state index in [4.69, 9.17) is 5.11 Å². The summed E-state index contributed by atoms with van der Waals surface area (Å²) in [7, 11) is 0. The number of nitrogens with zero attached hydrogens (tertiary/aromatic N) is 1. The van der Waals surface area contributed by atoms with E-state index in [-0.39, 0.29) is 5.56 Å². The molecular weight excluding hydrogens is 308 g/mol. The Bertz CT molecular complexity index is 500. The average Bonchev–Trinajstić information content (AvgIpc) is 2.41. The van der Waals surface area contributed by atoms with E-state index < -0.39 is 5.97 Å². The van der Waals surface area contributed by atoms with E-state index in [1.807, 2.05) is 0 Å². The van der Waals surface area contributed by atoms with Crippen LogP contribution in [0.1, 0.15) is 42.5 Å². The number of hydrogen-bond donors (Lipinski definition) is 2. The molecule has 102 valence electrons. The molecule has 2 N–H and O–H groups in total. The molecule has 5 heteroatoms. The van der Waals surface area contributed by atoms with Gasteiger partial charge in [-0.3, -0.25) is 0 Å². The van der Waals surface area contributed by atoms with Gasteiger partial charge in [-0.15, -0.1) is 0 Å². The minimum Gasteiger partial charge on any atom is -0.478 e. The summed E-state index contributed by atoms with van der Waals surface area (Å²) in [6.45, 7) is 0.723. The number of rotatable bonds is 5. The number of nitrogens with one attached hydrogen (secondary N) is 1. The molecule has 0 bridgehead atoms. The van der Waals surface area contributed by atoms with Crippen molar-refractivity contribution in [3.05, 3.63) is 33.9 Å². The van der Waals surface area contributed by atoms with Crippen molar-refractivity contribution in [1.29, 1.82) is 0 Å². The molecule has 0 fully saturated rings. The Hall–Kier alpha value is -1.36. The van der Waals surface area contributed by atoms with Gasteiger partial charge in [-0.05, 0) is 54.1 Å². The van der Waals surface area contributed by atoms with Crippen LogP contribution in [-0.2, 0) is 0 Å². The summed E-state index contributed by atoms with van der Waals surface area (Å²) in [5.41, 5.74) is 1.67. The number of aromatic carboxylic acids is 1. The molecule has 1 aliphatic rings. The summed E-state index contributed by atoms with van der Waals surface area (Å²) >= 11 is 3.23. The third-order valence-corrected chi connectivity index (χ3v) is 3.64. The molecule has 1 aliphatic carbocycles. The molecule has 0 saturated carbocycles. The highest BCUT2D eigenvalue weighted by Crippen LogP contribution is 2.21. The third-order valence-electron chi connectivity index (χ3n) is 3.21. The molecule has 1 aromatic heterocycles. The highest BCUT2D eigenvalue weighted by molar-refractivity contribution is 9.10. The maximum absolute atomic E-state index is 11.1. The lowest BCUT2D eigenvalue weighted by molar-refractivity contribution is 0.0697. The van der Waals surface area contributed by atoms with Crippen molar-refractivity contribution >= 4 is 27.7 Å². The number of carbonyl (C=O) groups is 1. The van der Waals surface area contributed by atoms with Gasteiger partial charge in [0.25, 0.3) is 0 Å². The second-order valence-corrected chi connectivity index (χ2v) is 5.56. The van der Waals surface area contributed by atoms with Gasteiger partial charge in [0, 0.05) is 17.2 Å². The molecule has 0 atom stereocenters. The van der Waals surface area contributed by atoms with Gasteiger partial charge in [0.1, 0.15) is 11.4 Å². The van der Waals surface area contributed by atoms with Crippen LogP contribution in [0.25, 0.3) is 0 Å². The first-order chi connectivity index (χ1) is 9.16. The van der Waals surface area contributed by atoms with Gasteiger partial charge in [-0.25, -0.2) is 9.78 Å². The number of halogens is 1. The Kier molecular flexibility index (Phi) is 4.96. The largest absolute Gasteiger partial charge is 0.478 e. The number of hydrogen-bond acceptors (Lipinski definition) is 3. The Morgan fingerprint density at radius 2 is 2.32 bits per heavy atom. The molecule has 0 amide bonds. The van der Waals surface area contributed by atoms with Crippen LogP contribution in [0.3, 0.4) is 0 Å². The fourth-order valence-corrected chi connectivity index (χ4v) is 2.55. The van der Waals surface area contributed by atoms with Gasteiger partial charge in [0.15, 0.2) is 0 Å². The van der Waals surface area contributed by atoms with E-state index in [1.54, 1.807) is 12.3 Å². The number of carboxylic acid groups (broad SMARTS) is 1. The van der Waals surface area contributed by atoms with E-state index in [0.717, 1.165) is 13.0 Å². The smallest absolute Gasteiger partial charge is 0.339 e. The standard InChI is InChI=1S/C14H17BrN2O2/c15-11-8-12(14(18)19)13(17-9-11)16-7-6-10-4-2-1-3-5-10/h4,8-9H,1-3,5-7H2,(H,16,17)(H,18,19). The second kappa shape index (κ2) is 6.70. The molecule has 19 heavy (non-hydrogen) atoms. The van der Waals surface area contributed by atoms with Crippen LogP contribution in [0.15, 0.2) is 28.4 Å². The third kappa shape index (κ3) is 4.06. The minimum absolute atomic E-state index is 0.201. The average molecular weight is 325 g/mol. The highest BCUT2D eigenvalue weighted by atomic mass is 79.9. The van der Waals surface area contributed by atoms with Crippen LogP contribution in [0.5, 0.6) is 0 Å². The van der Waals surface area contributed by atoms with Crippen molar-refractivity contribution in [3.8, 4) is 0 Å². The van der Waals surface area contributed by atoms with E-state index in [0.29, 0.717) is 10.3 Å². The number of carboxylic acids is 1. The summed E-state index contributed by atoms with van der Waals surface area (Å²) in [6.07, 6.45) is 9.76. The molecule has 0 aliphatic heterocycles. The summed E-state index contributed by atoms with van der Waals surface area (Å²) < 4.78 is 0.672. The lowest BCUT2D eigenvalue weighted by Crippen LogP contribution is -2.10. The molecular formula is C14H17BrN2O2. The normalized spacial score (nSPS) is 14.9. The van der Waals surface area contributed by atoms with Crippen LogP contribution in [0.4, 0.5) is 5.82 Å². The van der Waals surface area contributed by atoms with E-state index in [9.17, 15) is 4.79 Å². The first-order valence-electron chi connectivity index (χ1n) is 6.47. The fourth-order valence-electron chi connectivity index (χ4n) is 2.22. The van der Waals surface area contributed by atoms with Crippen LogP contribution < -0.4 is 5.32 Å². The predicted molar refractivity (Wildman–Crippen MR) is 78.6 cm³/mol. The maximum atomic E-state index is 11.1. The molecule has 0 spiro atoms. The summed E-state index contributed by atoms with van der Waals surface area (Å²) in [6, 6.07) is 1.57. The van der Waals surface area contributed by atoms with Crippen molar-refractivity contribution in [1.82, 2.24) is 4.98 Å². The van der Waals surface area contributed by atoms with Crippen molar-refractivity contribution in [2.24, 2.45) is 0 Å². The highest BCUT2D eigenvalue weighted by Gasteiger charge is 2.12. The second-order valence-electron chi connectivity index (χ2n) is 4.64. The van der Waals surface area contributed by atoms with Crippen molar-refractivity contribution in [2.45, 2.75) is 32.1 Å². The fraction of sp³-hybridized carbons (Fsp3) is 0.429. The zero-order valence-electron chi connectivity index (χ0n) is 10.7. The Balaban J connectivity index is 1.95. The van der Waals surface area contributed by atoms with Gasteiger partial charge in [-0.1, -0.05) is 11.6 Å². The van der Waals surface area contributed by atoms with Crippen LogP contribution >= 0.6 is 15.9 Å². The summed E-state index contributed by atoms with van der Waals surface area (Å²) in [5, 5.41) is 12.2. The van der Waals surface area contributed by atoms with E-state index >= 15 is 0 Å². The van der Waals surface area contributed by atoms with Crippen molar-refractivity contribution in [2.75, 3.05) is 11.9 Å². The first kappa shape index (κ1) is 14.1. The van der Waals surface area contributed by atoms with Crippen molar-refractivity contribution < 1.29 is 9.90 Å². The Labute approximate surface area is 121 Å². The topological polar surface area (TPSA) is 62.2 Å². The van der Waals surface area contributed by atoms with Gasteiger partial charge in [0.2, 0.25) is 0 Å². The zero-order chi connectivity index (χ0) is 13.7. The Morgan fingerprint density at radius 1 is 1.47 bits per heavy atom. The van der Waals surface area contributed by atoms with E-state index in [2.05, 4.69) is 32.3 Å². The number of pyridine rings is 1. The lowest BCUT2D eigenvalue weighted by Gasteiger charge is -2.14. The summed E-state index contributed by atoms with van der Waals surface area (Å²) in [5.74, 6) is -0.528. The van der Waals surface area contributed by atoms with Crippen molar-refractivity contribution in [3.63, 3.8) is 0 Å². The number of aromatic nitrogens is 1. The van der Waals surface area contributed by atoms with Gasteiger partial charge in [0.05, 0.1) is 0 Å². The van der Waals surface area contributed by atoms with Gasteiger partial charge in [-0.2, -0.15) is 0 Å². The molecule has 0 radical (unpaired) electrons. The van der Waals surface area contributed by atoms with E-state index in [1.165, 1.54) is 31.3 Å². The Morgan fingerprint density at radius 3 is 3.00 bits per heavy atom. The lowest BCUT2D eigenvalue weighted by atomic mass is 9.97. The quantitative estimate of drug-likeness (QED) is 0.807. The molecule has 0 aromatic carbocycles. The zero-order valence-corrected chi connectivity index (χ0v) is 12.2. The molecule has 1 aromatic rings. The molecule has 1 heterocycles. The monoisotopic (exact) mass is 324 g/mol. The van der Waals surface area contributed by atoms with Gasteiger partial charge >= 0.3 is 5.97 Å². The van der Waals surface area contributed by atoms with Gasteiger partial charge < -0.3 is 10.4 Å². The molecule has 0 saturated heterocycles. The predicted octanol–water partition coefficient (Wildman–Crippen LogP) is 3.84. The van der Waals surface area contributed by atoms with Crippen LogP contribution in [0, 0.1) is 0 Å². The molecule has 2 rings (SSSR count).